The van der Waals surface area contributed by atoms with Gasteiger partial charge in [0.1, 0.15) is 11.6 Å². The second-order valence-corrected chi connectivity index (χ2v) is 12.9. The van der Waals surface area contributed by atoms with Gasteiger partial charge in [-0.1, -0.05) is 19.9 Å². The summed E-state index contributed by atoms with van der Waals surface area (Å²) in [7, 11) is -3.19. The van der Waals surface area contributed by atoms with Crippen LogP contribution in [0.4, 0.5) is 8.78 Å². The molecule has 2 aliphatic carbocycles. The molecule has 0 radical (unpaired) electrons. The minimum Gasteiger partial charge on any atom is -0.261 e. The number of aromatic nitrogens is 5. The minimum absolute atomic E-state index is 0.115. The molecular weight excluding hydrogens is 508 g/mol. The first-order valence-corrected chi connectivity index (χ1v) is 14.4. The fourth-order valence-electron chi connectivity index (χ4n) is 6.40. The third-order valence-electron chi connectivity index (χ3n) is 8.20. The highest BCUT2D eigenvalue weighted by atomic mass is 32.2. The van der Waals surface area contributed by atoms with Gasteiger partial charge < -0.3 is 0 Å². The zero-order valence-electron chi connectivity index (χ0n) is 21.1. The van der Waals surface area contributed by atoms with Crippen LogP contribution in [0.3, 0.4) is 0 Å². The van der Waals surface area contributed by atoms with Gasteiger partial charge in [-0.3, -0.25) is 9.97 Å². The van der Waals surface area contributed by atoms with Crippen molar-refractivity contribution in [2.75, 3.05) is 6.26 Å². The number of rotatable bonds is 5. The predicted molar refractivity (Wildman–Crippen MR) is 138 cm³/mol. The fraction of sp³-hybridized carbons (Fsp3) is 0.321. The van der Waals surface area contributed by atoms with Crippen LogP contribution in [0.1, 0.15) is 55.3 Å². The van der Waals surface area contributed by atoms with Crippen LogP contribution in [0, 0.1) is 17.0 Å². The molecule has 6 rings (SSSR count). The van der Waals surface area contributed by atoms with Crippen molar-refractivity contribution < 1.29 is 17.2 Å². The van der Waals surface area contributed by atoms with Crippen molar-refractivity contribution >= 4 is 9.84 Å². The van der Waals surface area contributed by atoms with E-state index in [1.54, 1.807) is 36.8 Å². The third kappa shape index (κ3) is 3.65. The average molecular weight is 534 g/mol. The number of benzene rings is 1. The maximum atomic E-state index is 14.5. The molecule has 2 aliphatic rings. The Balaban J connectivity index is 1.43. The molecule has 1 fully saturated rings. The van der Waals surface area contributed by atoms with E-state index in [0.717, 1.165) is 35.4 Å². The molecule has 194 valence electrons. The molecule has 1 aromatic carbocycles. The lowest BCUT2D eigenvalue weighted by atomic mass is 9.66. The summed E-state index contributed by atoms with van der Waals surface area (Å²) in [4.78, 5) is 13.8. The Labute approximate surface area is 219 Å². The van der Waals surface area contributed by atoms with Gasteiger partial charge in [0.2, 0.25) is 0 Å². The lowest BCUT2D eigenvalue weighted by Gasteiger charge is -2.37. The van der Waals surface area contributed by atoms with Crippen LogP contribution in [0.15, 0.2) is 55.0 Å². The van der Waals surface area contributed by atoms with Gasteiger partial charge in [0.15, 0.2) is 9.84 Å². The van der Waals surface area contributed by atoms with Crippen LogP contribution in [0.2, 0.25) is 0 Å². The van der Waals surface area contributed by atoms with Gasteiger partial charge in [-0.05, 0) is 60.1 Å². The lowest BCUT2D eigenvalue weighted by Crippen LogP contribution is -2.38. The van der Waals surface area contributed by atoms with Gasteiger partial charge in [0, 0.05) is 24.2 Å². The number of nitrogens with zero attached hydrogens (tertiary/aromatic N) is 5. The normalized spacial score (nSPS) is 21.4. The molecule has 38 heavy (non-hydrogen) atoms. The zero-order chi connectivity index (χ0) is 26.9. The zero-order valence-corrected chi connectivity index (χ0v) is 21.9. The van der Waals surface area contributed by atoms with Crippen molar-refractivity contribution in [3.63, 3.8) is 0 Å². The van der Waals surface area contributed by atoms with Crippen molar-refractivity contribution in [2.24, 2.45) is 5.41 Å². The van der Waals surface area contributed by atoms with Crippen molar-refractivity contribution in [1.82, 2.24) is 25.1 Å². The Morgan fingerprint density at radius 3 is 2.45 bits per heavy atom. The monoisotopic (exact) mass is 533 g/mol. The summed E-state index contributed by atoms with van der Waals surface area (Å²) in [6.45, 7) is 4.34. The second-order valence-electron chi connectivity index (χ2n) is 10.7. The summed E-state index contributed by atoms with van der Waals surface area (Å²) in [6.07, 6.45) is 7.85. The molecule has 0 amide bonds. The van der Waals surface area contributed by atoms with Crippen LogP contribution in [0.25, 0.3) is 22.5 Å². The first kappa shape index (κ1) is 24.7. The number of halogens is 2. The molecule has 7 nitrogen and oxygen atoms in total. The van der Waals surface area contributed by atoms with E-state index in [1.165, 1.54) is 24.5 Å². The molecule has 10 heteroatoms. The molecule has 0 N–H and O–H groups in total. The first-order chi connectivity index (χ1) is 18.0. The Morgan fingerprint density at radius 2 is 1.76 bits per heavy atom. The average Bonchev–Trinajstić information content (AvgIpc) is 3.24. The molecule has 1 saturated carbocycles. The molecule has 0 unspecified atom stereocenters. The summed E-state index contributed by atoms with van der Waals surface area (Å²) >= 11 is 0. The summed E-state index contributed by atoms with van der Waals surface area (Å²) in [5, 5.41) is 8.85. The molecule has 2 bridgehead atoms. The van der Waals surface area contributed by atoms with Crippen LogP contribution >= 0.6 is 0 Å². The van der Waals surface area contributed by atoms with E-state index in [9.17, 15) is 17.2 Å². The second kappa shape index (κ2) is 8.42. The standard InChI is InChI=1S/C28H25F2N5O2S/c1-27(2)19-9-10-28(27,26-18(19)11-22(34-35-26)25-20(29)5-4-6-21(25)30)24-14-31-13-23(33-24)16-7-8-17(32-12-16)15-38(3,36)37/h4-8,11-14,19H,9-10,15H2,1-3H3/t19-,28+/m0/s1. The van der Waals surface area contributed by atoms with E-state index in [0.29, 0.717) is 11.4 Å². The van der Waals surface area contributed by atoms with Crippen LogP contribution in [-0.4, -0.2) is 39.8 Å². The van der Waals surface area contributed by atoms with E-state index in [1.807, 2.05) is 0 Å². The number of hydrogen-bond acceptors (Lipinski definition) is 7. The van der Waals surface area contributed by atoms with Gasteiger partial charge in [0.05, 0.1) is 51.4 Å². The lowest BCUT2D eigenvalue weighted by molar-refractivity contribution is 0.242. The van der Waals surface area contributed by atoms with Crippen molar-refractivity contribution in [3.05, 3.63) is 89.3 Å². The highest BCUT2D eigenvalue weighted by Gasteiger charge is 2.65. The highest BCUT2D eigenvalue weighted by molar-refractivity contribution is 7.89. The van der Waals surface area contributed by atoms with Gasteiger partial charge in [0.25, 0.3) is 0 Å². The van der Waals surface area contributed by atoms with E-state index >= 15 is 0 Å². The molecule has 0 aliphatic heterocycles. The Morgan fingerprint density at radius 1 is 1.00 bits per heavy atom. The maximum Gasteiger partial charge on any atom is 0.153 e. The largest absolute Gasteiger partial charge is 0.261 e. The number of fused-ring (bicyclic) bond motifs is 5. The van der Waals surface area contributed by atoms with Crippen molar-refractivity contribution in [3.8, 4) is 22.5 Å². The van der Waals surface area contributed by atoms with Crippen molar-refractivity contribution in [2.45, 2.75) is 43.8 Å². The van der Waals surface area contributed by atoms with Crippen LogP contribution < -0.4 is 0 Å². The molecule has 3 aromatic heterocycles. The first-order valence-electron chi connectivity index (χ1n) is 12.3. The van der Waals surface area contributed by atoms with Gasteiger partial charge >= 0.3 is 0 Å². The quantitative estimate of drug-likeness (QED) is 0.355. The third-order valence-corrected chi connectivity index (χ3v) is 9.02. The van der Waals surface area contributed by atoms with E-state index in [4.69, 9.17) is 4.98 Å². The summed E-state index contributed by atoms with van der Waals surface area (Å²) in [6, 6.07) is 9.01. The smallest absolute Gasteiger partial charge is 0.153 e. The molecule has 0 spiro atoms. The topological polar surface area (TPSA) is 98.6 Å². The highest BCUT2D eigenvalue weighted by Crippen LogP contribution is 2.69. The predicted octanol–water partition coefficient (Wildman–Crippen LogP) is 5.02. The minimum atomic E-state index is -3.19. The van der Waals surface area contributed by atoms with Crippen molar-refractivity contribution in [1.29, 1.82) is 0 Å². The Bertz CT molecular complexity index is 1670. The number of sulfone groups is 1. The van der Waals surface area contributed by atoms with Crippen LogP contribution in [-0.2, 0) is 21.0 Å². The van der Waals surface area contributed by atoms with Crippen LogP contribution in [0.5, 0.6) is 0 Å². The Kier molecular flexibility index (Phi) is 5.47. The molecular formula is C28H25F2N5O2S. The SMILES string of the molecule is CC1(C)[C@H]2CC[C@@]1(c1cncc(-c3ccc(CS(C)(=O)=O)nc3)n1)c1nnc(-c3c(F)cccc3F)cc12. The molecule has 3 heterocycles. The number of hydrogen-bond donors (Lipinski definition) is 0. The van der Waals surface area contributed by atoms with E-state index in [2.05, 4.69) is 34.0 Å². The molecule has 0 saturated heterocycles. The van der Waals surface area contributed by atoms with Gasteiger partial charge in [-0.2, -0.15) is 5.10 Å². The summed E-state index contributed by atoms with van der Waals surface area (Å²) < 4.78 is 52.2. The molecule has 2 atom stereocenters. The van der Waals surface area contributed by atoms with Gasteiger partial charge in [-0.25, -0.2) is 22.2 Å². The fourth-order valence-corrected chi connectivity index (χ4v) is 7.11. The molecule has 4 aromatic rings. The summed E-state index contributed by atoms with van der Waals surface area (Å²) in [5.41, 5.74) is 3.39. The van der Waals surface area contributed by atoms with E-state index < -0.39 is 26.9 Å². The maximum absolute atomic E-state index is 14.5. The Hall–Kier alpha value is -3.66. The van der Waals surface area contributed by atoms with E-state index in [-0.39, 0.29) is 28.3 Å². The number of pyridine rings is 1. The summed E-state index contributed by atoms with van der Waals surface area (Å²) in [5.74, 6) is -1.37. The van der Waals surface area contributed by atoms with Gasteiger partial charge in [-0.15, -0.1) is 5.10 Å².